The number of alkyl carbamates (subject to hydrolysis) is 1. The first-order valence-corrected chi connectivity index (χ1v) is 22.7. The number of benzene rings is 2. The summed E-state index contributed by atoms with van der Waals surface area (Å²) in [6.45, 7) is 19.9. The molecular formula is C47H56F6N6O4S2. The van der Waals surface area contributed by atoms with Gasteiger partial charge in [-0.2, -0.15) is 26.3 Å². The number of amides is 1. The van der Waals surface area contributed by atoms with E-state index >= 15 is 0 Å². The maximum absolute atomic E-state index is 14.1. The van der Waals surface area contributed by atoms with Gasteiger partial charge < -0.3 is 25.3 Å². The molecule has 3 N–H and O–H groups in total. The quantitative estimate of drug-likeness (QED) is 0.109. The van der Waals surface area contributed by atoms with E-state index in [4.69, 9.17) is 19.9 Å². The Bertz CT molecular complexity index is 2600. The molecule has 0 spiro atoms. The number of ether oxygens (including phenoxy) is 3. The minimum absolute atomic E-state index is 0.00496. The molecule has 0 aliphatic heterocycles. The molecule has 0 unspecified atom stereocenters. The Morgan fingerprint density at radius 2 is 1.09 bits per heavy atom. The van der Waals surface area contributed by atoms with Crippen LogP contribution in [0.4, 0.5) is 31.1 Å². The molecule has 0 aliphatic rings. The van der Waals surface area contributed by atoms with Crippen molar-refractivity contribution in [3.05, 3.63) is 82.1 Å². The summed E-state index contributed by atoms with van der Waals surface area (Å²) in [6.07, 6.45) is -8.76. The number of nitrogens with two attached hydrogens (primary N) is 1. The minimum Gasteiger partial charge on any atom is -0.491 e. The number of thiophene rings is 2. The van der Waals surface area contributed by atoms with Crippen molar-refractivity contribution in [2.75, 3.05) is 13.2 Å². The van der Waals surface area contributed by atoms with Crippen LogP contribution >= 0.6 is 22.7 Å². The average Bonchev–Trinajstić information content (AvgIpc) is 3.83. The van der Waals surface area contributed by atoms with Gasteiger partial charge in [-0.25, -0.2) is 24.7 Å². The van der Waals surface area contributed by atoms with Crippen LogP contribution in [0.3, 0.4) is 0 Å². The van der Waals surface area contributed by atoms with Crippen molar-refractivity contribution < 1.29 is 45.3 Å². The Morgan fingerprint density at radius 3 is 1.49 bits per heavy atom. The summed E-state index contributed by atoms with van der Waals surface area (Å²) in [7, 11) is 0. The Kier molecular flexibility index (Phi) is 15.5. The third-order valence-electron chi connectivity index (χ3n) is 9.63. The highest BCUT2D eigenvalue weighted by Crippen LogP contribution is 2.42. The molecule has 65 heavy (non-hydrogen) atoms. The number of carbonyl (C=O) groups excluding carboxylic acids is 1. The van der Waals surface area contributed by atoms with Gasteiger partial charge in [0.1, 0.15) is 51.6 Å². The second kappa shape index (κ2) is 19.8. The molecule has 0 bridgehead atoms. The molecule has 2 atom stereocenters. The average molecular weight is 947 g/mol. The summed E-state index contributed by atoms with van der Waals surface area (Å²) >= 11 is 2.83. The fourth-order valence-corrected chi connectivity index (χ4v) is 9.10. The van der Waals surface area contributed by atoms with Crippen molar-refractivity contribution in [3.8, 4) is 34.0 Å². The van der Waals surface area contributed by atoms with Crippen molar-refractivity contribution >= 4 is 49.2 Å². The summed E-state index contributed by atoms with van der Waals surface area (Å²) in [4.78, 5) is 31.4. The summed E-state index contributed by atoms with van der Waals surface area (Å²) in [5.41, 5.74) is 3.66. The number of aromatic nitrogens is 4. The van der Waals surface area contributed by atoms with Gasteiger partial charge in [0.05, 0.1) is 28.1 Å². The summed E-state index contributed by atoms with van der Waals surface area (Å²) < 4.78 is 100. The molecule has 2 aromatic carbocycles. The predicted octanol–water partition coefficient (Wildman–Crippen LogP) is 13.2. The molecule has 0 saturated heterocycles. The number of halogens is 6. The third kappa shape index (κ3) is 14.0. The highest BCUT2D eigenvalue weighted by molar-refractivity contribution is 7.17. The van der Waals surface area contributed by atoms with E-state index in [9.17, 15) is 31.1 Å². The van der Waals surface area contributed by atoms with Crippen molar-refractivity contribution in [2.45, 2.75) is 118 Å². The predicted molar refractivity (Wildman–Crippen MR) is 245 cm³/mol. The van der Waals surface area contributed by atoms with E-state index < -0.39 is 46.3 Å². The molecule has 1 amide bonds. The number of nitrogens with one attached hydrogen (secondary N) is 1. The summed E-state index contributed by atoms with van der Waals surface area (Å²) in [5.74, 6) is 0.899. The van der Waals surface area contributed by atoms with E-state index in [1.807, 2.05) is 44.5 Å². The Balaban J connectivity index is 0.000000250. The molecule has 4 heterocycles. The van der Waals surface area contributed by atoms with Crippen LogP contribution in [0.1, 0.15) is 97.9 Å². The van der Waals surface area contributed by atoms with Crippen molar-refractivity contribution in [1.82, 2.24) is 25.3 Å². The first-order valence-electron chi connectivity index (χ1n) is 20.9. The highest BCUT2D eigenvalue weighted by atomic mass is 32.1. The number of rotatable bonds is 13. The normalized spacial score (nSPS) is 14.2. The fraction of sp³-hybridized carbons (Fsp3) is 0.468. The number of hydrogen-bond donors (Lipinski definition) is 2. The van der Waals surface area contributed by atoms with Crippen LogP contribution in [0.15, 0.2) is 59.3 Å². The molecule has 0 radical (unpaired) electrons. The smallest absolute Gasteiger partial charge is 0.419 e. The molecule has 0 fully saturated rings. The van der Waals surface area contributed by atoms with Gasteiger partial charge in [-0.05, 0) is 132 Å². The second-order valence-electron chi connectivity index (χ2n) is 18.5. The minimum atomic E-state index is -4.66. The van der Waals surface area contributed by atoms with E-state index in [2.05, 4.69) is 25.3 Å². The van der Waals surface area contributed by atoms with Gasteiger partial charge in [-0.15, -0.1) is 22.7 Å². The monoisotopic (exact) mass is 946 g/mol. The number of carbonyl (C=O) groups is 1. The molecule has 352 valence electrons. The topological polar surface area (TPSA) is 134 Å². The van der Waals surface area contributed by atoms with Crippen LogP contribution in [0, 0.1) is 25.7 Å². The molecule has 6 rings (SSSR count). The Hall–Kier alpha value is -5.07. The maximum atomic E-state index is 14.1. The van der Waals surface area contributed by atoms with Gasteiger partial charge in [0.2, 0.25) is 0 Å². The lowest BCUT2D eigenvalue weighted by atomic mass is 9.91. The lowest BCUT2D eigenvalue weighted by Gasteiger charge is -2.33. The van der Waals surface area contributed by atoms with Crippen LogP contribution in [0.25, 0.3) is 42.9 Å². The van der Waals surface area contributed by atoms with E-state index in [0.29, 0.717) is 63.1 Å². The van der Waals surface area contributed by atoms with Crippen LogP contribution in [0.2, 0.25) is 0 Å². The second-order valence-corrected chi connectivity index (χ2v) is 20.3. The lowest BCUT2D eigenvalue weighted by molar-refractivity contribution is -0.139. The summed E-state index contributed by atoms with van der Waals surface area (Å²) in [6, 6.07) is 11.6. The molecule has 18 heteroatoms. The Morgan fingerprint density at radius 1 is 0.662 bits per heavy atom. The zero-order valence-corrected chi connectivity index (χ0v) is 40.0. The van der Waals surface area contributed by atoms with Crippen LogP contribution in [-0.4, -0.2) is 55.9 Å². The van der Waals surface area contributed by atoms with Crippen molar-refractivity contribution in [2.24, 2.45) is 17.6 Å². The van der Waals surface area contributed by atoms with Gasteiger partial charge in [0, 0.05) is 27.4 Å². The van der Waals surface area contributed by atoms with Crippen LogP contribution in [-0.2, 0) is 17.1 Å². The highest BCUT2D eigenvalue weighted by Gasteiger charge is 2.38. The zero-order valence-electron chi connectivity index (χ0n) is 38.3. The number of fused-ring (bicyclic) bond motifs is 2. The largest absolute Gasteiger partial charge is 0.491 e. The van der Waals surface area contributed by atoms with E-state index in [-0.39, 0.29) is 30.6 Å². The van der Waals surface area contributed by atoms with Crippen molar-refractivity contribution in [3.63, 3.8) is 0 Å². The van der Waals surface area contributed by atoms with Gasteiger partial charge in [0.15, 0.2) is 0 Å². The third-order valence-corrected chi connectivity index (χ3v) is 11.2. The SMILES string of the molecule is Cc1nc(-c2ccc(OC[C@@](C)(N)CC(C)C)c(C(F)(F)F)c2)c2ccsc2n1.Cc1nc(-c2ccc(OC[C@](C)(CC(C)C)NC(=O)OC(C)(C)C)c(C(F)(F)F)c2)c2ccsc2n1. The Labute approximate surface area is 383 Å². The van der Waals surface area contributed by atoms with Gasteiger partial charge >= 0.3 is 18.4 Å². The van der Waals surface area contributed by atoms with E-state index in [0.717, 1.165) is 22.3 Å². The van der Waals surface area contributed by atoms with Crippen LogP contribution < -0.4 is 20.5 Å². The van der Waals surface area contributed by atoms with Gasteiger partial charge in [-0.3, -0.25) is 0 Å². The fourth-order valence-electron chi connectivity index (χ4n) is 7.48. The molecular weight excluding hydrogens is 891 g/mol. The number of alkyl halides is 6. The van der Waals surface area contributed by atoms with Gasteiger partial charge in [-0.1, -0.05) is 27.7 Å². The molecule has 0 saturated carbocycles. The number of aryl methyl sites for hydroxylation is 2. The standard InChI is InChI=1S/C26H32F3N3O3S.C21H24F3N3OS/c1-15(2)13-25(7,32-23(33)35-24(4,5)6)14-34-20-9-8-17(12-19(20)26(27,28)29)21-18-10-11-36-22(18)31-16(3)30-21;1-12(2)10-20(4,25)11-28-17-6-5-14(9-16(17)21(22,23)24)18-15-7-8-29-19(15)27-13(3)26-18/h8-12,15H,13-14H2,1-7H3,(H,32,33);5-9,12H,10-11,25H2,1-4H3/t25-;20-/m00/s1. The molecule has 4 aromatic heterocycles. The van der Waals surface area contributed by atoms with E-state index in [1.165, 1.54) is 34.8 Å². The molecule has 0 aliphatic carbocycles. The maximum Gasteiger partial charge on any atom is 0.419 e. The van der Waals surface area contributed by atoms with Crippen LogP contribution in [0.5, 0.6) is 11.5 Å². The molecule has 6 aromatic rings. The molecule has 10 nitrogen and oxygen atoms in total. The van der Waals surface area contributed by atoms with Crippen molar-refractivity contribution in [1.29, 1.82) is 0 Å². The van der Waals surface area contributed by atoms with Gasteiger partial charge in [0.25, 0.3) is 0 Å². The zero-order chi connectivity index (χ0) is 48.3. The lowest BCUT2D eigenvalue weighted by Crippen LogP contribution is -2.52. The first-order chi connectivity index (χ1) is 30.0. The number of hydrogen-bond acceptors (Lipinski definition) is 11. The van der Waals surface area contributed by atoms with E-state index in [1.54, 1.807) is 66.7 Å². The summed E-state index contributed by atoms with van der Waals surface area (Å²) in [5, 5.41) is 7.89. The number of nitrogens with zero attached hydrogens (tertiary/aromatic N) is 4. The first kappa shape index (κ1) is 50.9.